The van der Waals surface area contributed by atoms with Crippen LogP contribution in [0.25, 0.3) is 0 Å². The van der Waals surface area contributed by atoms with Crippen LogP contribution in [0.4, 0.5) is 14.5 Å². The Morgan fingerprint density at radius 1 is 1.20 bits per heavy atom. The van der Waals surface area contributed by atoms with Crippen molar-refractivity contribution in [3.05, 3.63) is 59.2 Å². The summed E-state index contributed by atoms with van der Waals surface area (Å²) in [5.41, 5.74) is 8.81. The summed E-state index contributed by atoms with van der Waals surface area (Å²) in [4.78, 5) is 12.0. The third-order valence-corrected chi connectivity index (χ3v) is 3.58. The van der Waals surface area contributed by atoms with Gasteiger partial charge in [-0.1, -0.05) is 35.9 Å². The summed E-state index contributed by atoms with van der Waals surface area (Å²) >= 11 is 0. The molecular formula is C18H21ClF2N2O2. The highest BCUT2D eigenvalue weighted by atomic mass is 35.5. The van der Waals surface area contributed by atoms with Crippen molar-refractivity contribution in [3.8, 4) is 5.75 Å². The first kappa shape index (κ1) is 20.7. The smallest absolute Gasteiger partial charge is 0.387 e. The number of alkyl halides is 2. The molecule has 0 heterocycles. The van der Waals surface area contributed by atoms with Crippen molar-refractivity contribution in [1.29, 1.82) is 0 Å². The number of halogens is 3. The Labute approximate surface area is 151 Å². The second-order valence-electron chi connectivity index (χ2n) is 5.47. The van der Waals surface area contributed by atoms with Crippen LogP contribution in [0.5, 0.6) is 5.75 Å². The van der Waals surface area contributed by atoms with E-state index in [-0.39, 0.29) is 37.0 Å². The summed E-state index contributed by atoms with van der Waals surface area (Å²) in [7, 11) is 0. The molecule has 0 aliphatic carbocycles. The zero-order chi connectivity index (χ0) is 17.5. The molecule has 0 aliphatic heterocycles. The first-order valence-electron chi connectivity index (χ1n) is 7.60. The second kappa shape index (κ2) is 9.84. The molecule has 2 rings (SSSR count). The monoisotopic (exact) mass is 370 g/mol. The second-order valence-corrected chi connectivity index (χ2v) is 5.47. The fraction of sp³-hybridized carbons (Fsp3) is 0.278. The van der Waals surface area contributed by atoms with Gasteiger partial charge in [0.1, 0.15) is 5.75 Å². The molecule has 25 heavy (non-hydrogen) atoms. The minimum Gasteiger partial charge on any atom is -0.434 e. The highest BCUT2D eigenvalue weighted by Crippen LogP contribution is 2.22. The summed E-state index contributed by atoms with van der Waals surface area (Å²) in [6, 6.07) is 12.2. The van der Waals surface area contributed by atoms with Gasteiger partial charge in [-0.25, -0.2) is 0 Å². The van der Waals surface area contributed by atoms with E-state index in [9.17, 15) is 13.6 Å². The van der Waals surface area contributed by atoms with E-state index in [0.717, 1.165) is 11.1 Å². The summed E-state index contributed by atoms with van der Waals surface area (Å²) in [5.74, 6) is -0.106. The molecule has 136 valence electrons. The number of anilines is 1. The molecule has 4 nitrogen and oxygen atoms in total. The molecule has 1 amide bonds. The van der Waals surface area contributed by atoms with Gasteiger partial charge < -0.3 is 15.8 Å². The Morgan fingerprint density at radius 2 is 1.92 bits per heavy atom. The number of aryl methyl sites for hydroxylation is 2. The van der Waals surface area contributed by atoms with E-state index >= 15 is 0 Å². The topological polar surface area (TPSA) is 64.3 Å². The first-order valence-corrected chi connectivity index (χ1v) is 7.60. The van der Waals surface area contributed by atoms with Crippen LogP contribution < -0.4 is 15.8 Å². The van der Waals surface area contributed by atoms with Crippen molar-refractivity contribution in [3.63, 3.8) is 0 Å². The number of benzene rings is 2. The van der Waals surface area contributed by atoms with E-state index in [0.29, 0.717) is 17.7 Å². The van der Waals surface area contributed by atoms with E-state index in [4.69, 9.17) is 5.73 Å². The zero-order valence-electron chi connectivity index (χ0n) is 13.8. The van der Waals surface area contributed by atoms with Gasteiger partial charge in [-0.05, 0) is 31.0 Å². The van der Waals surface area contributed by atoms with E-state index < -0.39 is 6.61 Å². The van der Waals surface area contributed by atoms with Gasteiger partial charge in [0.2, 0.25) is 5.91 Å². The number of nitrogens with one attached hydrogen (secondary N) is 1. The van der Waals surface area contributed by atoms with Crippen molar-refractivity contribution in [2.75, 3.05) is 5.73 Å². The van der Waals surface area contributed by atoms with E-state index in [1.807, 2.05) is 25.1 Å². The standard InChI is InChI=1S/C18H20F2N2O2.ClH/c1-12-6-8-16(24-18(19)20)14(10-12)11-22-17(23)9-7-13-4-2-3-5-15(13)21;/h2-6,8,10,18H,7,9,11,21H2,1H3,(H,22,23);1H. The lowest BCUT2D eigenvalue weighted by atomic mass is 10.1. The number of carbonyl (C=O) groups is 1. The number of hydrogen-bond donors (Lipinski definition) is 2. The average molecular weight is 371 g/mol. The van der Waals surface area contributed by atoms with Crippen LogP contribution in [-0.4, -0.2) is 12.5 Å². The Morgan fingerprint density at radius 3 is 2.60 bits per heavy atom. The number of carbonyl (C=O) groups excluding carboxylic acids is 1. The van der Waals surface area contributed by atoms with Crippen molar-refractivity contribution in [1.82, 2.24) is 5.32 Å². The highest BCUT2D eigenvalue weighted by molar-refractivity contribution is 5.85. The molecule has 0 aromatic heterocycles. The Balaban J connectivity index is 0.00000312. The van der Waals surface area contributed by atoms with Crippen LogP contribution in [0, 0.1) is 6.92 Å². The van der Waals surface area contributed by atoms with Crippen LogP contribution in [0.2, 0.25) is 0 Å². The van der Waals surface area contributed by atoms with Gasteiger partial charge in [-0.15, -0.1) is 12.4 Å². The number of hydrogen-bond acceptors (Lipinski definition) is 3. The number of nitrogen functional groups attached to an aromatic ring is 1. The van der Waals surface area contributed by atoms with Gasteiger partial charge in [0, 0.05) is 24.2 Å². The summed E-state index contributed by atoms with van der Waals surface area (Å²) in [5, 5.41) is 2.72. The Bertz CT molecular complexity index is 711. The van der Waals surface area contributed by atoms with Crippen molar-refractivity contribution in [2.45, 2.75) is 32.9 Å². The molecule has 2 aromatic carbocycles. The number of rotatable bonds is 7. The van der Waals surface area contributed by atoms with Gasteiger partial charge in [0.25, 0.3) is 0 Å². The molecule has 0 aliphatic rings. The largest absolute Gasteiger partial charge is 0.434 e. The van der Waals surface area contributed by atoms with Gasteiger partial charge in [0.05, 0.1) is 0 Å². The maximum Gasteiger partial charge on any atom is 0.387 e. The lowest BCUT2D eigenvalue weighted by Gasteiger charge is -2.12. The molecule has 0 fully saturated rings. The van der Waals surface area contributed by atoms with Crippen LogP contribution in [0.3, 0.4) is 0 Å². The molecule has 0 saturated heterocycles. The molecule has 0 unspecified atom stereocenters. The van der Waals surface area contributed by atoms with Crippen LogP contribution in [0.1, 0.15) is 23.1 Å². The zero-order valence-corrected chi connectivity index (χ0v) is 14.6. The van der Waals surface area contributed by atoms with Gasteiger partial charge in [0.15, 0.2) is 0 Å². The van der Waals surface area contributed by atoms with Crippen molar-refractivity contribution < 1.29 is 18.3 Å². The van der Waals surface area contributed by atoms with Crippen LogP contribution in [-0.2, 0) is 17.8 Å². The fourth-order valence-corrected chi connectivity index (χ4v) is 2.35. The predicted octanol–water partition coefficient (Wildman–Crippen LogP) is 3.85. The predicted molar refractivity (Wildman–Crippen MR) is 96.1 cm³/mol. The Kier molecular flexibility index (Phi) is 8.15. The van der Waals surface area contributed by atoms with Gasteiger partial charge in [-0.3, -0.25) is 4.79 Å². The maximum absolute atomic E-state index is 12.4. The van der Waals surface area contributed by atoms with Crippen molar-refractivity contribution in [2.24, 2.45) is 0 Å². The highest BCUT2D eigenvalue weighted by Gasteiger charge is 2.11. The van der Waals surface area contributed by atoms with E-state index in [2.05, 4.69) is 10.1 Å². The third-order valence-electron chi connectivity index (χ3n) is 3.58. The number of ether oxygens (including phenoxy) is 1. The third kappa shape index (κ3) is 6.58. The summed E-state index contributed by atoms with van der Waals surface area (Å²) in [6.45, 7) is -0.925. The first-order chi connectivity index (χ1) is 11.5. The van der Waals surface area contributed by atoms with Gasteiger partial charge in [-0.2, -0.15) is 8.78 Å². The molecule has 0 atom stereocenters. The molecule has 0 radical (unpaired) electrons. The fourth-order valence-electron chi connectivity index (χ4n) is 2.35. The minimum atomic E-state index is -2.90. The number of amides is 1. The molecule has 7 heteroatoms. The minimum absolute atomic E-state index is 0. The average Bonchev–Trinajstić information content (AvgIpc) is 2.54. The summed E-state index contributed by atoms with van der Waals surface area (Å²) in [6.07, 6.45) is 0.789. The van der Waals surface area contributed by atoms with E-state index in [1.54, 1.807) is 18.2 Å². The molecule has 0 spiro atoms. The van der Waals surface area contributed by atoms with Gasteiger partial charge >= 0.3 is 6.61 Å². The van der Waals surface area contributed by atoms with E-state index in [1.165, 1.54) is 6.07 Å². The molecule has 2 aromatic rings. The van der Waals surface area contributed by atoms with Crippen LogP contribution >= 0.6 is 12.4 Å². The molecule has 3 N–H and O–H groups in total. The molecular weight excluding hydrogens is 350 g/mol. The Hall–Kier alpha value is -2.34. The quantitative estimate of drug-likeness (QED) is 0.727. The number of nitrogens with two attached hydrogens (primary N) is 1. The number of para-hydroxylation sites is 1. The molecule has 0 saturated carbocycles. The summed E-state index contributed by atoms with van der Waals surface area (Å²) < 4.78 is 29.3. The maximum atomic E-state index is 12.4. The normalized spacial score (nSPS) is 10.2. The SMILES string of the molecule is Cc1ccc(OC(F)F)c(CNC(=O)CCc2ccccc2N)c1.Cl. The lowest BCUT2D eigenvalue weighted by Crippen LogP contribution is -2.23. The molecule has 0 bridgehead atoms. The van der Waals surface area contributed by atoms with Crippen LogP contribution in [0.15, 0.2) is 42.5 Å². The van der Waals surface area contributed by atoms with Crippen molar-refractivity contribution >= 4 is 24.0 Å². The lowest BCUT2D eigenvalue weighted by molar-refractivity contribution is -0.121.